The molecule has 0 aliphatic carbocycles. The summed E-state index contributed by atoms with van der Waals surface area (Å²) in [5.74, 6) is -2.02. The van der Waals surface area contributed by atoms with E-state index in [0.717, 1.165) is 21.8 Å². The quantitative estimate of drug-likeness (QED) is 0.164. The molecule has 190 valence electrons. The maximum atomic E-state index is 11.8. The molecule has 0 aromatic heterocycles. The number of aliphatic carboxylic acids is 3. The molecule has 0 aliphatic rings. The number of ether oxygens (including phenoxy) is 1. The normalized spacial score (nSPS) is 12.5. The van der Waals surface area contributed by atoms with E-state index in [1.807, 2.05) is 32.0 Å². The van der Waals surface area contributed by atoms with Gasteiger partial charge in [-0.25, -0.2) is 9.59 Å². The second-order valence-electron chi connectivity index (χ2n) is 7.22. The molecule has 2 atom stereocenters. The number of amides is 1. The Kier molecular flexibility index (Phi) is 14.6. The predicted octanol–water partition coefficient (Wildman–Crippen LogP) is 4.59. The van der Waals surface area contributed by atoms with E-state index in [1.54, 1.807) is 0 Å². The molecule has 0 bridgehead atoms. The highest BCUT2D eigenvalue weighted by Crippen LogP contribution is 2.35. The van der Waals surface area contributed by atoms with Gasteiger partial charge in [0.15, 0.2) is 0 Å². The Hall–Kier alpha value is -2.05. The van der Waals surface area contributed by atoms with Gasteiger partial charge in [-0.15, -0.1) is 23.5 Å². The molecule has 1 rings (SSSR count). The zero-order chi connectivity index (χ0) is 25.5. The lowest BCUT2D eigenvalue weighted by Crippen LogP contribution is -2.43. The zero-order valence-electron chi connectivity index (χ0n) is 19.2. The van der Waals surface area contributed by atoms with Crippen molar-refractivity contribution < 1.29 is 39.2 Å². The van der Waals surface area contributed by atoms with Crippen LogP contribution in [0.1, 0.15) is 50.3 Å². The minimum Gasteiger partial charge on any atom is -0.481 e. The van der Waals surface area contributed by atoms with Crippen LogP contribution in [0.5, 0.6) is 0 Å². The molecular formula is C22H31NO8S3. The molecular weight excluding hydrogens is 502 g/mol. The number of benzene rings is 1. The molecule has 1 aromatic carbocycles. The summed E-state index contributed by atoms with van der Waals surface area (Å²) >= 11 is 4.14. The van der Waals surface area contributed by atoms with Crippen molar-refractivity contribution in [2.24, 2.45) is 0 Å². The molecule has 0 saturated carbocycles. The first-order valence-electron chi connectivity index (χ1n) is 10.7. The van der Waals surface area contributed by atoms with E-state index in [4.69, 9.17) is 14.9 Å². The highest BCUT2D eigenvalue weighted by Gasteiger charge is 2.22. The molecule has 1 aromatic rings. The van der Waals surface area contributed by atoms with Crippen LogP contribution >= 0.6 is 35.3 Å². The van der Waals surface area contributed by atoms with E-state index in [2.05, 4.69) is 5.32 Å². The van der Waals surface area contributed by atoms with Crippen molar-refractivity contribution in [1.29, 1.82) is 0 Å². The fourth-order valence-corrected chi connectivity index (χ4v) is 5.51. The van der Waals surface area contributed by atoms with Gasteiger partial charge >= 0.3 is 24.0 Å². The van der Waals surface area contributed by atoms with E-state index < -0.39 is 30.0 Å². The van der Waals surface area contributed by atoms with Gasteiger partial charge in [0.2, 0.25) is 0 Å². The van der Waals surface area contributed by atoms with Crippen LogP contribution in [0.25, 0.3) is 0 Å². The number of hydrogen-bond acceptors (Lipinski definition) is 8. The Labute approximate surface area is 211 Å². The van der Waals surface area contributed by atoms with Crippen molar-refractivity contribution in [2.45, 2.75) is 60.6 Å². The summed E-state index contributed by atoms with van der Waals surface area (Å²) in [6, 6.07) is 4.63. The van der Waals surface area contributed by atoms with Crippen LogP contribution < -0.4 is 5.32 Å². The summed E-state index contributed by atoms with van der Waals surface area (Å²) < 4.78 is 4.98. The molecule has 9 nitrogen and oxygen atoms in total. The van der Waals surface area contributed by atoms with Gasteiger partial charge in [0.1, 0.15) is 6.04 Å². The maximum Gasteiger partial charge on any atom is 0.407 e. The zero-order valence-corrected chi connectivity index (χ0v) is 21.6. The first-order valence-corrected chi connectivity index (χ1v) is 13.8. The third kappa shape index (κ3) is 13.0. The van der Waals surface area contributed by atoms with Crippen LogP contribution in [0.15, 0.2) is 28.0 Å². The number of carbonyl (C=O) groups excluding carboxylic acids is 1. The van der Waals surface area contributed by atoms with Gasteiger partial charge in [-0.2, -0.15) is 11.8 Å². The Morgan fingerprint density at radius 2 is 1.53 bits per heavy atom. The number of thioether (sulfide) groups is 3. The van der Waals surface area contributed by atoms with Crippen molar-refractivity contribution in [1.82, 2.24) is 5.32 Å². The molecule has 0 spiro atoms. The molecule has 4 N–H and O–H groups in total. The SMILES string of the molecule is CCCCOC(=O)N[C@@H](CSC(C)c1cc(SCCC(=O)O)cc(SCCC(=O)O)c1)C(=O)O. The second-order valence-corrected chi connectivity index (χ2v) is 10.9. The van der Waals surface area contributed by atoms with Crippen molar-refractivity contribution in [3.05, 3.63) is 23.8 Å². The van der Waals surface area contributed by atoms with Crippen molar-refractivity contribution >= 4 is 59.3 Å². The Bertz CT molecular complexity index is 798. The molecule has 0 aliphatic heterocycles. The summed E-state index contributed by atoms with van der Waals surface area (Å²) in [6.45, 7) is 4.10. The molecule has 34 heavy (non-hydrogen) atoms. The number of carboxylic acid groups (broad SMARTS) is 3. The van der Waals surface area contributed by atoms with Gasteiger partial charge in [-0.3, -0.25) is 9.59 Å². The fraction of sp³-hybridized carbons (Fsp3) is 0.545. The highest BCUT2D eigenvalue weighted by atomic mass is 32.2. The Balaban J connectivity index is 2.84. The highest BCUT2D eigenvalue weighted by molar-refractivity contribution is 8.00. The lowest BCUT2D eigenvalue weighted by molar-refractivity contribution is -0.139. The molecule has 0 radical (unpaired) electrons. The molecule has 0 heterocycles. The number of hydrogen-bond donors (Lipinski definition) is 4. The van der Waals surface area contributed by atoms with Crippen molar-refractivity contribution in [2.75, 3.05) is 23.9 Å². The molecule has 1 amide bonds. The number of carboxylic acids is 3. The van der Waals surface area contributed by atoms with Gasteiger partial charge in [-0.1, -0.05) is 13.3 Å². The fourth-order valence-electron chi connectivity index (χ4n) is 2.51. The number of rotatable bonds is 17. The van der Waals surface area contributed by atoms with Crippen LogP contribution in [0.4, 0.5) is 4.79 Å². The first kappa shape index (κ1) is 30.0. The minimum atomic E-state index is -1.16. The average Bonchev–Trinajstić information content (AvgIpc) is 2.75. The van der Waals surface area contributed by atoms with E-state index >= 15 is 0 Å². The smallest absolute Gasteiger partial charge is 0.407 e. The van der Waals surface area contributed by atoms with Crippen LogP contribution in [-0.4, -0.2) is 69.2 Å². The number of alkyl carbamates (subject to hydrolysis) is 1. The standard InChI is InChI=1S/C22H31NO8S3/c1-3-4-7-31-22(30)23-18(21(28)29)13-34-14(2)15-10-16(32-8-5-19(24)25)12-17(11-15)33-9-6-20(26)27/h10-12,14,18H,3-9,13H2,1-2H3,(H,23,30)(H,24,25)(H,26,27)(H,28,29)/t14?,18-/m0/s1. The second kappa shape index (κ2) is 16.6. The van der Waals surface area contributed by atoms with Gasteiger partial charge in [-0.05, 0) is 37.1 Å². The lowest BCUT2D eigenvalue weighted by atomic mass is 10.2. The van der Waals surface area contributed by atoms with E-state index in [-0.39, 0.29) is 30.5 Å². The number of unbranched alkanes of at least 4 members (excludes halogenated alkanes) is 1. The molecule has 12 heteroatoms. The van der Waals surface area contributed by atoms with Crippen LogP contribution in [0.3, 0.4) is 0 Å². The van der Waals surface area contributed by atoms with Crippen LogP contribution in [0, 0.1) is 0 Å². The van der Waals surface area contributed by atoms with Crippen molar-refractivity contribution in [3.8, 4) is 0 Å². The Morgan fingerprint density at radius 1 is 0.971 bits per heavy atom. The van der Waals surface area contributed by atoms with Gasteiger partial charge < -0.3 is 25.4 Å². The molecule has 1 unspecified atom stereocenters. The summed E-state index contributed by atoms with van der Waals surface area (Å²) in [7, 11) is 0. The van der Waals surface area contributed by atoms with E-state index in [9.17, 15) is 24.3 Å². The largest absolute Gasteiger partial charge is 0.481 e. The maximum absolute atomic E-state index is 11.8. The van der Waals surface area contributed by atoms with E-state index in [1.165, 1.54) is 35.3 Å². The number of nitrogens with one attached hydrogen (secondary N) is 1. The predicted molar refractivity (Wildman–Crippen MR) is 134 cm³/mol. The summed E-state index contributed by atoms with van der Waals surface area (Å²) in [6.07, 6.45) is 0.822. The van der Waals surface area contributed by atoms with Gasteiger partial charge in [0.05, 0.1) is 19.4 Å². The van der Waals surface area contributed by atoms with E-state index in [0.29, 0.717) is 17.9 Å². The molecule has 0 fully saturated rings. The van der Waals surface area contributed by atoms with Crippen LogP contribution in [-0.2, 0) is 19.1 Å². The minimum absolute atomic E-state index is 0.0149. The summed E-state index contributed by atoms with van der Waals surface area (Å²) in [4.78, 5) is 46.8. The van der Waals surface area contributed by atoms with Gasteiger partial charge in [0, 0.05) is 32.3 Å². The third-order valence-corrected chi connectivity index (χ3v) is 7.63. The summed E-state index contributed by atoms with van der Waals surface area (Å²) in [5, 5.41) is 29.5. The third-order valence-electron chi connectivity index (χ3n) is 4.38. The van der Waals surface area contributed by atoms with Gasteiger partial charge in [0.25, 0.3) is 0 Å². The average molecular weight is 534 g/mol. The Morgan fingerprint density at radius 3 is 2.00 bits per heavy atom. The lowest BCUT2D eigenvalue weighted by Gasteiger charge is -2.18. The molecule has 0 saturated heterocycles. The number of carbonyl (C=O) groups is 4. The monoisotopic (exact) mass is 533 g/mol. The topological polar surface area (TPSA) is 150 Å². The van der Waals surface area contributed by atoms with Crippen molar-refractivity contribution in [3.63, 3.8) is 0 Å². The first-order chi connectivity index (χ1) is 16.1. The summed E-state index contributed by atoms with van der Waals surface area (Å²) in [5.41, 5.74) is 0.901. The van der Waals surface area contributed by atoms with Crippen LogP contribution in [0.2, 0.25) is 0 Å².